The second-order valence-corrected chi connectivity index (χ2v) is 5.74. The monoisotopic (exact) mass is 297 g/mol. The molecule has 0 saturated carbocycles. The van der Waals surface area contributed by atoms with Crippen LogP contribution in [0.25, 0.3) is 0 Å². The zero-order chi connectivity index (χ0) is 14.6. The van der Waals surface area contributed by atoms with Crippen molar-refractivity contribution in [3.05, 3.63) is 29.3 Å². The molecule has 0 saturated heterocycles. The van der Waals surface area contributed by atoms with Crippen LogP contribution in [-0.4, -0.2) is 19.7 Å². The number of ether oxygens (including phenoxy) is 1. The van der Waals surface area contributed by atoms with E-state index in [-0.39, 0.29) is 0 Å². The fourth-order valence-corrected chi connectivity index (χ4v) is 2.34. The SMILES string of the molecule is CCCCCCCCC(COc1ccc(Cl)cc1)NC. The molecule has 1 N–H and O–H groups in total. The molecule has 0 aliphatic heterocycles. The molecular weight excluding hydrogens is 270 g/mol. The van der Waals surface area contributed by atoms with Crippen molar-refractivity contribution in [1.82, 2.24) is 5.32 Å². The van der Waals surface area contributed by atoms with Gasteiger partial charge in [0.1, 0.15) is 12.4 Å². The lowest BCUT2D eigenvalue weighted by Crippen LogP contribution is -2.31. The fraction of sp³-hybridized carbons (Fsp3) is 0.647. The van der Waals surface area contributed by atoms with Gasteiger partial charge in [-0.15, -0.1) is 0 Å². The van der Waals surface area contributed by atoms with Crippen LogP contribution in [0.4, 0.5) is 0 Å². The number of rotatable bonds is 11. The molecule has 0 spiro atoms. The maximum atomic E-state index is 5.85. The van der Waals surface area contributed by atoms with Gasteiger partial charge in [-0.05, 0) is 37.7 Å². The van der Waals surface area contributed by atoms with E-state index in [1.165, 1.54) is 44.9 Å². The molecule has 0 radical (unpaired) electrons. The lowest BCUT2D eigenvalue weighted by Gasteiger charge is -2.17. The van der Waals surface area contributed by atoms with Crippen molar-refractivity contribution in [1.29, 1.82) is 0 Å². The number of likely N-dealkylation sites (N-methyl/N-ethyl adjacent to an activating group) is 1. The topological polar surface area (TPSA) is 21.3 Å². The maximum absolute atomic E-state index is 5.85. The Bertz CT molecular complexity index is 339. The van der Waals surface area contributed by atoms with Crippen LogP contribution < -0.4 is 10.1 Å². The van der Waals surface area contributed by atoms with Gasteiger partial charge in [0.15, 0.2) is 0 Å². The largest absolute Gasteiger partial charge is 0.492 e. The van der Waals surface area contributed by atoms with Crippen LogP contribution in [-0.2, 0) is 0 Å². The number of hydrogen-bond acceptors (Lipinski definition) is 2. The van der Waals surface area contributed by atoms with Crippen LogP contribution >= 0.6 is 11.6 Å². The molecule has 1 aromatic carbocycles. The standard InChI is InChI=1S/C17H28ClNO/c1-3-4-5-6-7-8-9-16(19-2)14-20-17-12-10-15(18)11-13-17/h10-13,16,19H,3-9,14H2,1-2H3. The molecule has 114 valence electrons. The molecule has 0 fully saturated rings. The Morgan fingerprint density at radius 3 is 2.35 bits per heavy atom. The minimum absolute atomic E-state index is 0.428. The third-order valence-electron chi connectivity index (χ3n) is 3.58. The summed E-state index contributed by atoms with van der Waals surface area (Å²) in [4.78, 5) is 0. The van der Waals surface area contributed by atoms with Gasteiger partial charge in [0.2, 0.25) is 0 Å². The molecule has 0 aliphatic carbocycles. The van der Waals surface area contributed by atoms with Gasteiger partial charge < -0.3 is 10.1 Å². The summed E-state index contributed by atoms with van der Waals surface area (Å²) in [5.74, 6) is 0.887. The normalized spacial score (nSPS) is 12.3. The highest BCUT2D eigenvalue weighted by Gasteiger charge is 2.06. The van der Waals surface area contributed by atoms with Gasteiger partial charge in [-0.2, -0.15) is 0 Å². The summed E-state index contributed by atoms with van der Waals surface area (Å²) in [6.07, 6.45) is 9.21. The van der Waals surface area contributed by atoms with Crippen LogP contribution in [0.1, 0.15) is 51.9 Å². The van der Waals surface area contributed by atoms with E-state index in [2.05, 4.69) is 12.2 Å². The molecule has 1 rings (SSSR count). The summed E-state index contributed by atoms with van der Waals surface area (Å²) >= 11 is 5.85. The van der Waals surface area contributed by atoms with Crippen molar-refractivity contribution in [3.8, 4) is 5.75 Å². The Kier molecular flexibility index (Phi) is 9.52. The van der Waals surface area contributed by atoms with E-state index in [0.717, 1.165) is 10.8 Å². The summed E-state index contributed by atoms with van der Waals surface area (Å²) in [5, 5.41) is 4.08. The third-order valence-corrected chi connectivity index (χ3v) is 3.83. The maximum Gasteiger partial charge on any atom is 0.119 e. The van der Waals surface area contributed by atoms with Gasteiger partial charge >= 0.3 is 0 Å². The summed E-state index contributed by atoms with van der Waals surface area (Å²) in [5.41, 5.74) is 0. The first-order valence-corrected chi connectivity index (χ1v) is 8.19. The van der Waals surface area contributed by atoms with Gasteiger partial charge in [0.25, 0.3) is 0 Å². The molecule has 2 nitrogen and oxygen atoms in total. The van der Waals surface area contributed by atoms with Crippen molar-refractivity contribution >= 4 is 11.6 Å². The van der Waals surface area contributed by atoms with Crippen molar-refractivity contribution in [2.45, 2.75) is 57.9 Å². The lowest BCUT2D eigenvalue weighted by molar-refractivity contribution is 0.260. The Hall–Kier alpha value is -0.730. The van der Waals surface area contributed by atoms with Crippen LogP contribution in [0.15, 0.2) is 24.3 Å². The van der Waals surface area contributed by atoms with Crippen molar-refractivity contribution < 1.29 is 4.74 Å². The Labute approximate surface area is 128 Å². The Morgan fingerprint density at radius 2 is 1.70 bits per heavy atom. The first-order chi connectivity index (χ1) is 9.76. The molecular formula is C17H28ClNO. The third kappa shape index (κ3) is 7.76. The van der Waals surface area contributed by atoms with E-state index in [0.29, 0.717) is 12.6 Å². The van der Waals surface area contributed by atoms with E-state index in [4.69, 9.17) is 16.3 Å². The first-order valence-electron chi connectivity index (χ1n) is 7.82. The van der Waals surface area contributed by atoms with E-state index < -0.39 is 0 Å². The van der Waals surface area contributed by atoms with Crippen molar-refractivity contribution in [3.63, 3.8) is 0 Å². The van der Waals surface area contributed by atoms with Crippen LogP contribution in [0.5, 0.6) is 5.75 Å². The van der Waals surface area contributed by atoms with Crippen LogP contribution in [0, 0.1) is 0 Å². The molecule has 20 heavy (non-hydrogen) atoms. The van der Waals surface area contributed by atoms with Gasteiger partial charge in [0, 0.05) is 11.1 Å². The number of halogens is 1. The zero-order valence-electron chi connectivity index (χ0n) is 12.8. The first kappa shape index (κ1) is 17.3. The summed E-state index contributed by atoms with van der Waals surface area (Å²) < 4.78 is 5.79. The number of hydrogen-bond donors (Lipinski definition) is 1. The van der Waals surface area contributed by atoms with E-state index in [1.54, 1.807) is 0 Å². The minimum Gasteiger partial charge on any atom is -0.492 e. The lowest BCUT2D eigenvalue weighted by atomic mass is 10.1. The average Bonchev–Trinajstić information content (AvgIpc) is 2.47. The molecule has 0 bridgehead atoms. The molecule has 1 aromatic rings. The highest BCUT2D eigenvalue weighted by atomic mass is 35.5. The van der Waals surface area contributed by atoms with Crippen molar-refractivity contribution in [2.75, 3.05) is 13.7 Å². The second kappa shape index (κ2) is 11.0. The van der Waals surface area contributed by atoms with Crippen LogP contribution in [0.3, 0.4) is 0 Å². The predicted molar refractivity (Wildman–Crippen MR) is 87.8 cm³/mol. The smallest absolute Gasteiger partial charge is 0.119 e. The number of unbranched alkanes of at least 4 members (excludes halogenated alkanes) is 5. The van der Waals surface area contributed by atoms with Gasteiger partial charge in [0.05, 0.1) is 0 Å². The highest BCUT2D eigenvalue weighted by molar-refractivity contribution is 6.30. The van der Waals surface area contributed by atoms with E-state index in [9.17, 15) is 0 Å². The zero-order valence-corrected chi connectivity index (χ0v) is 13.6. The quantitative estimate of drug-likeness (QED) is 0.577. The van der Waals surface area contributed by atoms with Crippen molar-refractivity contribution in [2.24, 2.45) is 0 Å². The average molecular weight is 298 g/mol. The summed E-state index contributed by atoms with van der Waals surface area (Å²) in [6.45, 7) is 2.97. The van der Waals surface area contributed by atoms with Gasteiger partial charge in [-0.25, -0.2) is 0 Å². The summed E-state index contributed by atoms with van der Waals surface area (Å²) in [7, 11) is 2.01. The van der Waals surface area contributed by atoms with Crippen LogP contribution in [0.2, 0.25) is 5.02 Å². The minimum atomic E-state index is 0.428. The summed E-state index contributed by atoms with van der Waals surface area (Å²) in [6, 6.07) is 7.98. The van der Waals surface area contributed by atoms with Gasteiger partial charge in [-0.3, -0.25) is 0 Å². The molecule has 0 aliphatic rings. The highest BCUT2D eigenvalue weighted by Crippen LogP contribution is 2.16. The molecule has 0 aromatic heterocycles. The number of nitrogens with one attached hydrogen (secondary N) is 1. The van der Waals surface area contributed by atoms with E-state index in [1.807, 2.05) is 31.3 Å². The van der Waals surface area contributed by atoms with E-state index >= 15 is 0 Å². The number of benzene rings is 1. The Morgan fingerprint density at radius 1 is 1.05 bits per heavy atom. The second-order valence-electron chi connectivity index (χ2n) is 5.31. The molecule has 0 amide bonds. The molecule has 1 atom stereocenters. The fourth-order valence-electron chi connectivity index (χ4n) is 2.21. The Balaban J connectivity index is 2.14. The molecule has 0 heterocycles. The molecule has 3 heteroatoms. The predicted octanol–water partition coefficient (Wildman–Crippen LogP) is 5.06. The van der Waals surface area contributed by atoms with Gasteiger partial charge in [-0.1, -0.05) is 57.0 Å². The molecule has 1 unspecified atom stereocenters.